The number of esters is 2. The minimum Gasteiger partial charge on any atom is -0.481 e. The predicted octanol–water partition coefficient (Wildman–Crippen LogP) is 3.65. The number of hydrogen-bond donors (Lipinski definition) is 1. The molecule has 0 spiro atoms. The van der Waals surface area contributed by atoms with Gasteiger partial charge in [-0.2, -0.15) is 0 Å². The summed E-state index contributed by atoms with van der Waals surface area (Å²) in [7, 11) is 0. The van der Waals surface area contributed by atoms with E-state index in [1.54, 1.807) is 0 Å². The molecule has 5 atom stereocenters. The Hall–Kier alpha value is -2.11. The molecule has 6 nitrogen and oxygen atoms in total. The van der Waals surface area contributed by atoms with Gasteiger partial charge in [0.2, 0.25) is 0 Å². The van der Waals surface area contributed by atoms with Crippen LogP contribution in [-0.2, 0) is 23.9 Å². The topological polar surface area (TPSA) is 89.9 Å². The van der Waals surface area contributed by atoms with Crippen LogP contribution in [0.4, 0.5) is 0 Å². The predicted molar refractivity (Wildman–Crippen MR) is 102 cm³/mol. The van der Waals surface area contributed by atoms with Gasteiger partial charge in [-0.25, -0.2) is 4.79 Å². The van der Waals surface area contributed by atoms with Gasteiger partial charge in [0, 0.05) is 13.0 Å². The van der Waals surface area contributed by atoms with Gasteiger partial charge in [-0.1, -0.05) is 19.4 Å². The third-order valence-corrected chi connectivity index (χ3v) is 7.44. The Kier molecular flexibility index (Phi) is 5.43. The van der Waals surface area contributed by atoms with Gasteiger partial charge in [0.05, 0.1) is 5.92 Å². The molecule has 154 valence electrons. The third kappa shape index (κ3) is 3.61. The smallest absolute Gasteiger partial charge is 0.331 e. The standard InChI is InChI=1S/C22H30O6/c1-13-9-16(28-14(2)23)11-18-21(13,3)8-6-17(20(25)26)22(18,4)7-5-15-10-19(24)27-12-15/h9-10,16-18H,5-8,11-12H2,1-4H3,(H,25,26)/t16-,17-,18-,21-,22-/m0/s1. The van der Waals surface area contributed by atoms with Crippen LogP contribution in [-0.4, -0.2) is 35.7 Å². The van der Waals surface area contributed by atoms with E-state index in [0.29, 0.717) is 32.3 Å². The molecule has 2 aliphatic carbocycles. The van der Waals surface area contributed by atoms with Gasteiger partial charge in [0.25, 0.3) is 0 Å². The van der Waals surface area contributed by atoms with Crippen molar-refractivity contribution in [2.24, 2.45) is 22.7 Å². The highest BCUT2D eigenvalue weighted by Crippen LogP contribution is 2.62. The first kappa shape index (κ1) is 20.6. The van der Waals surface area contributed by atoms with Crippen molar-refractivity contribution in [3.05, 3.63) is 23.3 Å². The number of cyclic esters (lactones) is 1. The lowest BCUT2D eigenvalue weighted by atomic mass is 9.46. The van der Waals surface area contributed by atoms with Crippen molar-refractivity contribution < 1.29 is 29.0 Å². The summed E-state index contributed by atoms with van der Waals surface area (Å²) in [5.74, 6) is -1.81. The molecule has 28 heavy (non-hydrogen) atoms. The average molecular weight is 390 g/mol. The van der Waals surface area contributed by atoms with Crippen LogP contribution in [0.3, 0.4) is 0 Å². The summed E-state index contributed by atoms with van der Waals surface area (Å²) < 4.78 is 10.5. The molecule has 3 aliphatic rings. The van der Waals surface area contributed by atoms with Gasteiger partial charge in [-0.15, -0.1) is 0 Å². The van der Waals surface area contributed by atoms with Crippen LogP contribution in [0.5, 0.6) is 0 Å². The van der Waals surface area contributed by atoms with Gasteiger partial charge in [-0.05, 0) is 67.4 Å². The first-order valence-electron chi connectivity index (χ1n) is 10.0. The highest BCUT2D eigenvalue weighted by atomic mass is 16.5. The molecule has 1 N–H and O–H groups in total. The lowest BCUT2D eigenvalue weighted by molar-refractivity contribution is -0.162. The molecular weight excluding hydrogens is 360 g/mol. The average Bonchev–Trinajstić information content (AvgIpc) is 3.00. The van der Waals surface area contributed by atoms with Crippen LogP contribution in [0, 0.1) is 22.7 Å². The van der Waals surface area contributed by atoms with Gasteiger partial charge < -0.3 is 14.6 Å². The number of fused-ring (bicyclic) bond motifs is 1. The van der Waals surface area contributed by atoms with Crippen LogP contribution in [0.15, 0.2) is 23.3 Å². The van der Waals surface area contributed by atoms with Crippen molar-refractivity contribution in [3.8, 4) is 0 Å². The molecule has 0 radical (unpaired) electrons. The zero-order valence-electron chi connectivity index (χ0n) is 17.1. The van der Waals surface area contributed by atoms with Gasteiger partial charge in [0.1, 0.15) is 12.7 Å². The minimum atomic E-state index is -0.770. The fourth-order valence-corrected chi connectivity index (χ4v) is 5.73. The molecule has 3 rings (SSSR count). The second kappa shape index (κ2) is 7.37. The maximum atomic E-state index is 12.1. The number of carboxylic acid groups (broad SMARTS) is 1. The van der Waals surface area contributed by atoms with Gasteiger partial charge in [-0.3, -0.25) is 9.59 Å². The van der Waals surface area contributed by atoms with E-state index in [-0.39, 0.29) is 29.4 Å². The Morgan fingerprint density at radius 3 is 2.64 bits per heavy atom. The number of rotatable bonds is 5. The molecular formula is C22H30O6. The number of ether oxygens (including phenoxy) is 2. The highest BCUT2D eigenvalue weighted by molar-refractivity contribution is 5.85. The third-order valence-electron chi connectivity index (χ3n) is 7.44. The summed E-state index contributed by atoms with van der Waals surface area (Å²) in [4.78, 5) is 35.0. The first-order valence-corrected chi connectivity index (χ1v) is 10.0. The number of hydrogen-bond acceptors (Lipinski definition) is 5. The summed E-state index contributed by atoms with van der Waals surface area (Å²) in [5.41, 5.74) is 1.50. The van der Waals surface area contributed by atoms with Crippen LogP contribution in [0.2, 0.25) is 0 Å². The van der Waals surface area contributed by atoms with Crippen molar-refractivity contribution in [2.75, 3.05) is 6.61 Å². The quantitative estimate of drug-likeness (QED) is 0.569. The Balaban J connectivity index is 1.93. The van der Waals surface area contributed by atoms with E-state index in [2.05, 4.69) is 20.8 Å². The minimum absolute atomic E-state index is 0.0721. The van der Waals surface area contributed by atoms with Crippen LogP contribution < -0.4 is 0 Å². The molecule has 1 aliphatic heterocycles. The van der Waals surface area contributed by atoms with Crippen LogP contribution in [0.25, 0.3) is 0 Å². The summed E-state index contributed by atoms with van der Waals surface area (Å²) in [6.07, 6.45) is 6.59. The molecule has 0 aromatic rings. The molecule has 0 saturated heterocycles. The fraction of sp³-hybridized carbons (Fsp3) is 0.682. The van der Waals surface area contributed by atoms with Crippen molar-refractivity contribution in [3.63, 3.8) is 0 Å². The fourth-order valence-electron chi connectivity index (χ4n) is 5.73. The van der Waals surface area contributed by atoms with E-state index in [4.69, 9.17) is 9.47 Å². The zero-order valence-corrected chi connectivity index (χ0v) is 17.1. The molecule has 1 saturated carbocycles. The monoisotopic (exact) mass is 390 g/mol. The van der Waals surface area contributed by atoms with Crippen molar-refractivity contribution in [2.45, 2.75) is 65.9 Å². The van der Waals surface area contributed by atoms with E-state index in [1.165, 1.54) is 18.6 Å². The molecule has 6 heteroatoms. The molecule has 0 amide bonds. The zero-order chi connectivity index (χ0) is 20.7. The van der Waals surface area contributed by atoms with Gasteiger partial charge in [0.15, 0.2) is 0 Å². The molecule has 1 fully saturated rings. The van der Waals surface area contributed by atoms with Crippen LogP contribution in [0.1, 0.15) is 59.8 Å². The Morgan fingerprint density at radius 2 is 2.07 bits per heavy atom. The lowest BCUT2D eigenvalue weighted by Gasteiger charge is -2.58. The maximum absolute atomic E-state index is 12.1. The summed E-state index contributed by atoms with van der Waals surface area (Å²) >= 11 is 0. The summed E-state index contributed by atoms with van der Waals surface area (Å²) in [6.45, 7) is 8.04. The molecule has 0 bridgehead atoms. The number of allylic oxidation sites excluding steroid dienone is 1. The Labute approximate surface area is 166 Å². The highest BCUT2D eigenvalue weighted by Gasteiger charge is 2.57. The van der Waals surface area contributed by atoms with Crippen molar-refractivity contribution in [1.29, 1.82) is 0 Å². The van der Waals surface area contributed by atoms with E-state index in [1.807, 2.05) is 6.08 Å². The second-order valence-electron chi connectivity index (χ2n) is 9.05. The number of aliphatic carboxylic acids is 1. The van der Waals surface area contributed by atoms with E-state index in [0.717, 1.165) is 12.0 Å². The van der Waals surface area contributed by atoms with E-state index < -0.39 is 17.3 Å². The molecule has 0 unspecified atom stereocenters. The molecule has 1 heterocycles. The van der Waals surface area contributed by atoms with E-state index in [9.17, 15) is 19.5 Å². The van der Waals surface area contributed by atoms with Crippen molar-refractivity contribution in [1.82, 2.24) is 0 Å². The first-order chi connectivity index (χ1) is 13.1. The normalized spacial score (nSPS) is 37.4. The number of carbonyl (C=O) groups is 3. The molecule has 0 aromatic heterocycles. The number of carboxylic acids is 1. The van der Waals surface area contributed by atoms with E-state index >= 15 is 0 Å². The maximum Gasteiger partial charge on any atom is 0.331 e. The Bertz CT molecular complexity index is 750. The van der Waals surface area contributed by atoms with Crippen molar-refractivity contribution >= 4 is 17.9 Å². The summed E-state index contributed by atoms with van der Waals surface area (Å²) in [5, 5.41) is 9.97. The largest absolute Gasteiger partial charge is 0.481 e. The number of carbonyl (C=O) groups excluding carboxylic acids is 2. The van der Waals surface area contributed by atoms with Crippen LogP contribution >= 0.6 is 0 Å². The lowest BCUT2D eigenvalue weighted by Crippen LogP contribution is -2.54. The Morgan fingerprint density at radius 1 is 1.36 bits per heavy atom. The molecule has 0 aromatic carbocycles. The second-order valence-corrected chi connectivity index (χ2v) is 9.05. The summed E-state index contributed by atoms with van der Waals surface area (Å²) in [6, 6.07) is 0. The SMILES string of the molecule is CC(=O)O[C@H]1C=C(C)[C@]2(C)CC[C@@H](C(=O)O)[C@](C)(CCC3=CC(=O)OC3)[C@H]2C1. The van der Waals surface area contributed by atoms with Gasteiger partial charge >= 0.3 is 17.9 Å².